The molecule has 0 amide bonds. The summed E-state index contributed by atoms with van der Waals surface area (Å²) in [6.07, 6.45) is 9.24. The Bertz CT molecular complexity index is 433. The van der Waals surface area contributed by atoms with Crippen LogP contribution in [0.5, 0.6) is 5.75 Å². The summed E-state index contributed by atoms with van der Waals surface area (Å²) in [6.45, 7) is 0.771. The molecule has 116 valence electrons. The Labute approximate surface area is 132 Å². The van der Waals surface area contributed by atoms with E-state index in [4.69, 9.17) is 10.5 Å². The molecule has 1 aliphatic heterocycles. The van der Waals surface area contributed by atoms with Gasteiger partial charge in [0.05, 0.1) is 0 Å². The van der Waals surface area contributed by atoms with Crippen molar-refractivity contribution in [2.24, 2.45) is 5.73 Å². The zero-order valence-electron chi connectivity index (χ0n) is 12.9. The number of hydrogen-bond donors (Lipinski definition) is 1. The molecular weight excluding hydrogens is 278 g/mol. The van der Waals surface area contributed by atoms with Crippen molar-refractivity contribution < 1.29 is 4.74 Å². The van der Waals surface area contributed by atoms with Gasteiger partial charge in [-0.15, -0.1) is 0 Å². The van der Waals surface area contributed by atoms with Crippen LogP contribution in [-0.2, 0) is 5.41 Å². The highest BCUT2D eigenvalue weighted by molar-refractivity contribution is 7.99. The number of nitrogens with two attached hydrogens (primary N) is 1. The molecule has 1 heterocycles. The van der Waals surface area contributed by atoms with Crippen molar-refractivity contribution in [1.82, 2.24) is 0 Å². The van der Waals surface area contributed by atoms with Crippen LogP contribution in [0.25, 0.3) is 0 Å². The lowest BCUT2D eigenvalue weighted by Gasteiger charge is -2.37. The van der Waals surface area contributed by atoms with E-state index in [0.717, 1.165) is 12.3 Å². The molecule has 0 spiro atoms. The van der Waals surface area contributed by atoms with E-state index >= 15 is 0 Å². The lowest BCUT2D eigenvalue weighted by Crippen LogP contribution is -2.37. The zero-order chi connectivity index (χ0) is 14.5. The lowest BCUT2D eigenvalue weighted by molar-refractivity contribution is 0.192. The van der Waals surface area contributed by atoms with Crippen LogP contribution in [0.3, 0.4) is 0 Å². The van der Waals surface area contributed by atoms with Gasteiger partial charge in [0.2, 0.25) is 0 Å². The van der Waals surface area contributed by atoms with Crippen molar-refractivity contribution in [1.29, 1.82) is 0 Å². The average Bonchev–Trinajstić information content (AvgIpc) is 2.57. The molecule has 0 radical (unpaired) electrons. The van der Waals surface area contributed by atoms with E-state index in [-0.39, 0.29) is 5.41 Å². The first kappa shape index (κ1) is 15.2. The smallest absolute Gasteiger partial charge is 0.119 e. The molecule has 2 N–H and O–H groups in total. The van der Waals surface area contributed by atoms with Crippen molar-refractivity contribution in [3.8, 4) is 5.75 Å². The highest BCUT2D eigenvalue weighted by Gasteiger charge is 2.32. The molecule has 0 atom stereocenters. The molecular formula is C18H27NOS. The van der Waals surface area contributed by atoms with Gasteiger partial charge in [0.25, 0.3) is 0 Å². The minimum atomic E-state index is 0.220. The monoisotopic (exact) mass is 305 g/mol. The van der Waals surface area contributed by atoms with Crippen LogP contribution in [0, 0.1) is 0 Å². The van der Waals surface area contributed by atoms with E-state index in [1.54, 1.807) is 0 Å². The number of ether oxygens (including phenoxy) is 1. The molecule has 1 saturated heterocycles. The van der Waals surface area contributed by atoms with Gasteiger partial charge in [0.1, 0.15) is 11.9 Å². The molecule has 1 aliphatic carbocycles. The summed E-state index contributed by atoms with van der Waals surface area (Å²) >= 11 is 2.04. The highest BCUT2D eigenvalue weighted by Crippen LogP contribution is 2.39. The zero-order valence-corrected chi connectivity index (χ0v) is 13.7. The molecule has 21 heavy (non-hydrogen) atoms. The Balaban J connectivity index is 1.67. The van der Waals surface area contributed by atoms with Crippen LogP contribution in [-0.4, -0.2) is 24.2 Å². The molecule has 1 saturated carbocycles. The molecule has 2 nitrogen and oxygen atoms in total. The summed E-state index contributed by atoms with van der Waals surface area (Å²) in [5, 5.41) is 0. The maximum Gasteiger partial charge on any atom is 0.119 e. The van der Waals surface area contributed by atoms with Crippen LogP contribution < -0.4 is 10.5 Å². The summed E-state index contributed by atoms with van der Waals surface area (Å²) in [4.78, 5) is 0. The van der Waals surface area contributed by atoms with Crippen molar-refractivity contribution in [3.63, 3.8) is 0 Å². The molecule has 1 aromatic carbocycles. The number of benzene rings is 1. The van der Waals surface area contributed by atoms with Crippen LogP contribution in [0.4, 0.5) is 0 Å². The van der Waals surface area contributed by atoms with Crippen LogP contribution in [0.1, 0.15) is 50.5 Å². The van der Waals surface area contributed by atoms with E-state index in [9.17, 15) is 0 Å². The first-order valence-electron chi connectivity index (χ1n) is 8.37. The van der Waals surface area contributed by atoms with Gasteiger partial charge in [0.15, 0.2) is 0 Å². The van der Waals surface area contributed by atoms with Gasteiger partial charge in [-0.05, 0) is 54.9 Å². The minimum Gasteiger partial charge on any atom is -0.490 e. The SMILES string of the molecule is NCC1(c2ccc(OC3CCSCC3)cc2)CCCCC1. The highest BCUT2D eigenvalue weighted by atomic mass is 32.2. The fourth-order valence-corrected chi connectivity index (χ4v) is 4.78. The average molecular weight is 305 g/mol. The van der Waals surface area contributed by atoms with Gasteiger partial charge >= 0.3 is 0 Å². The summed E-state index contributed by atoms with van der Waals surface area (Å²) < 4.78 is 6.12. The third-order valence-corrected chi connectivity index (χ3v) is 6.19. The van der Waals surface area contributed by atoms with Gasteiger partial charge < -0.3 is 10.5 Å². The largest absolute Gasteiger partial charge is 0.490 e. The Kier molecular flexibility index (Phi) is 5.12. The molecule has 0 aromatic heterocycles. The minimum absolute atomic E-state index is 0.220. The van der Waals surface area contributed by atoms with Crippen LogP contribution in [0.2, 0.25) is 0 Å². The van der Waals surface area contributed by atoms with E-state index in [2.05, 4.69) is 24.3 Å². The van der Waals surface area contributed by atoms with Gasteiger partial charge in [-0.2, -0.15) is 11.8 Å². The predicted octanol–water partition coefficient (Wildman–Crippen LogP) is 4.12. The molecule has 0 bridgehead atoms. The molecule has 1 aromatic rings. The van der Waals surface area contributed by atoms with Gasteiger partial charge in [-0.25, -0.2) is 0 Å². The van der Waals surface area contributed by atoms with Crippen molar-refractivity contribution in [2.75, 3.05) is 18.1 Å². The van der Waals surface area contributed by atoms with Crippen molar-refractivity contribution in [2.45, 2.75) is 56.5 Å². The summed E-state index contributed by atoms with van der Waals surface area (Å²) in [6, 6.07) is 8.82. The lowest BCUT2D eigenvalue weighted by atomic mass is 9.69. The van der Waals surface area contributed by atoms with E-state index < -0.39 is 0 Å². The normalized spacial score (nSPS) is 22.9. The summed E-state index contributed by atoms with van der Waals surface area (Å²) in [5.41, 5.74) is 7.76. The molecule has 2 fully saturated rings. The molecule has 3 heteroatoms. The van der Waals surface area contributed by atoms with Gasteiger partial charge in [-0.3, -0.25) is 0 Å². The Morgan fingerprint density at radius 1 is 1.05 bits per heavy atom. The Morgan fingerprint density at radius 3 is 2.33 bits per heavy atom. The second kappa shape index (κ2) is 7.06. The summed E-state index contributed by atoms with van der Waals surface area (Å²) in [7, 11) is 0. The van der Waals surface area contributed by atoms with Crippen LogP contribution >= 0.6 is 11.8 Å². The van der Waals surface area contributed by atoms with E-state index in [1.165, 1.54) is 62.0 Å². The van der Waals surface area contributed by atoms with E-state index in [1.807, 2.05) is 11.8 Å². The quantitative estimate of drug-likeness (QED) is 0.908. The third-order valence-electron chi connectivity index (χ3n) is 5.14. The standard InChI is InChI=1S/C18H27NOS/c19-14-18(10-2-1-3-11-18)15-4-6-16(7-5-15)20-17-8-12-21-13-9-17/h4-7,17H,1-3,8-14,19H2. The van der Waals surface area contributed by atoms with Gasteiger partial charge in [-0.1, -0.05) is 31.4 Å². The first-order chi connectivity index (χ1) is 10.3. The van der Waals surface area contributed by atoms with Crippen LogP contribution in [0.15, 0.2) is 24.3 Å². The maximum atomic E-state index is 6.12. The third kappa shape index (κ3) is 3.57. The second-order valence-electron chi connectivity index (χ2n) is 6.50. The Morgan fingerprint density at radius 2 is 1.71 bits per heavy atom. The van der Waals surface area contributed by atoms with Crippen molar-refractivity contribution in [3.05, 3.63) is 29.8 Å². The molecule has 0 unspecified atom stereocenters. The Hall–Kier alpha value is -0.670. The molecule has 2 aliphatic rings. The second-order valence-corrected chi connectivity index (χ2v) is 7.72. The summed E-state index contributed by atoms with van der Waals surface area (Å²) in [5.74, 6) is 3.50. The molecule has 3 rings (SSSR count). The fraction of sp³-hybridized carbons (Fsp3) is 0.667. The topological polar surface area (TPSA) is 35.2 Å². The van der Waals surface area contributed by atoms with Crippen molar-refractivity contribution >= 4 is 11.8 Å². The van der Waals surface area contributed by atoms with E-state index in [0.29, 0.717) is 6.10 Å². The number of thioether (sulfide) groups is 1. The number of hydrogen-bond acceptors (Lipinski definition) is 3. The number of rotatable bonds is 4. The fourth-order valence-electron chi connectivity index (χ4n) is 3.71. The first-order valence-corrected chi connectivity index (χ1v) is 9.53. The maximum absolute atomic E-state index is 6.12. The van der Waals surface area contributed by atoms with Gasteiger partial charge in [0, 0.05) is 12.0 Å². The predicted molar refractivity (Wildman–Crippen MR) is 91.2 cm³/mol.